The molecule has 1 fully saturated rings. The largest absolute Gasteiger partial charge is 0.497 e. The van der Waals surface area contributed by atoms with Gasteiger partial charge in [0.2, 0.25) is 5.91 Å². The molecule has 6 nitrogen and oxygen atoms in total. The van der Waals surface area contributed by atoms with Crippen molar-refractivity contribution in [1.29, 1.82) is 0 Å². The van der Waals surface area contributed by atoms with Gasteiger partial charge in [-0.05, 0) is 51.1 Å². The minimum Gasteiger partial charge on any atom is -0.497 e. The van der Waals surface area contributed by atoms with Crippen LogP contribution >= 0.6 is 0 Å². The highest BCUT2D eigenvalue weighted by atomic mass is 16.5. The summed E-state index contributed by atoms with van der Waals surface area (Å²) in [5.74, 6) is 0.691. The number of carbonyl (C=O) groups is 2. The number of methoxy groups -OCH3 is 2. The average Bonchev–Trinajstić information content (AvgIpc) is 3.18. The van der Waals surface area contributed by atoms with Gasteiger partial charge in [0, 0.05) is 36.2 Å². The second-order valence-electron chi connectivity index (χ2n) is 8.06. The van der Waals surface area contributed by atoms with Crippen LogP contribution in [-0.2, 0) is 4.79 Å². The van der Waals surface area contributed by atoms with Crippen molar-refractivity contribution < 1.29 is 19.1 Å². The zero-order chi connectivity index (χ0) is 21.8. The van der Waals surface area contributed by atoms with E-state index >= 15 is 0 Å². The molecule has 2 amide bonds. The molecule has 1 saturated heterocycles. The lowest BCUT2D eigenvalue weighted by Gasteiger charge is -2.22. The molecule has 1 heterocycles. The van der Waals surface area contributed by atoms with Crippen molar-refractivity contribution in [3.63, 3.8) is 0 Å². The van der Waals surface area contributed by atoms with E-state index in [2.05, 4.69) is 5.32 Å². The lowest BCUT2D eigenvalue weighted by atomic mass is 9.87. The van der Waals surface area contributed by atoms with Gasteiger partial charge >= 0.3 is 0 Å². The maximum absolute atomic E-state index is 13.1. The highest BCUT2D eigenvalue weighted by molar-refractivity contribution is 5.95. The predicted molar refractivity (Wildman–Crippen MR) is 116 cm³/mol. The van der Waals surface area contributed by atoms with Crippen LogP contribution in [0.4, 0.5) is 0 Å². The molecule has 30 heavy (non-hydrogen) atoms. The first-order valence-electron chi connectivity index (χ1n) is 10.2. The average molecular weight is 411 g/mol. The standard InChI is InChI=1S/C24H30N2O4/c1-15(2)25-23(27)21-14-26(24(28)17-8-6-16(3)7-9-17)13-20(21)19-12-18(29-4)10-11-22(19)30-5/h6-12,15,20-21H,13-14H2,1-5H3,(H,25,27). The van der Waals surface area contributed by atoms with E-state index in [9.17, 15) is 9.59 Å². The van der Waals surface area contributed by atoms with Gasteiger partial charge in [0.05, 0.1) is 20.1 Å². The molecule has 6 heteroatoms. The van der Waals surface area contributed by atoms with Crippen LogP contribution < -0.4 is 14.8 Å². The first kappa shape index (κ1) is 21.7. The fraction of sp³-hybridized carbons (Fsp3) is 0.417. The normalized spacial score (nSPS) is 18.4. The number of rotatable bonds is 6. The molecule has 160 valence electrons. The number of carbonyl (C=O) groups excluding carboxylic acids is 2. The number of nitrogens with one attached hydrogen (secondary N) is 1. The molecule has 2 atom stereocenters. The number of amides is 2. The van der Waals surface area contributed by atoms with E-state index in [1.165, 1.54) is 0 Å². The van der Waals surface area contributed by atoms with E-state index in [1.54, 1.807) is 19.1 Å². The number of ether oxygens (including phenoxy) is 2. The first-order chi connectivity index (χ1) is 14.3. The molecule has 0 aliphatic carbocycles. The summed E-state index contributed by atoms with van der Waals surface area (Å²) in [7, 11) is 3.22. The molecule has 1 N–H and O–H groups in total. The summed E-state index contributed by atoms with van der Waals surface area (Å²) in [6, 6.07) is 13.1. The Balaban J connectivity index is 1.96. The highest BCUT2D eigenvalue weighted by Crippen LogP contribution is 2.40. The van der Waals surface area contributed by atoms with Crippen molar-refractivity contribution in [3.8, 4) is 11.5 Å². The lowest BCUT2D eigenvalue weighted by Crippen LogP contribution is -2.39. The molecule has 3 rings (SSSR count). The quantitative estimate of drug-likeness (QED) is 0.793. The third-order valence-electron chi connectivity index (χ3n) is 5.51. The molecular formula is C24H30N2O4. The molecule has 0 spiro atoms. The van der Waals surface area contributed by atoms with Crippen LogP contribution in [0.15, 0.2) is 42.5 Å². The Kier molecular flexibility index (Phi) is 6.65. The van der Waals surface area contributed by atoms with Gasteiger partial charge in [-0.1, -0.05) is 17.7 Å². The van der Waals surface area contributed by atoms with Crippen LogP contribution in [0.2, 0.25) is 0 Å². The minimum atomic E-state index is -0.372. The lowest BCUT2D eigenvalue weighted by molar-refractivity contribution is -0.125. The molecule has 2 aromatic rings. The van der Waals surface area contributed by atoms with E-state index in [-0.39, 0.29) is 29.7 Å². The fourth-order valence-corrected chi connectivity index (χ4v) is 3.95. The van der Waals surface area contributed by atoms with E-state index in [0.717, 1.165) is 11.1 Å². The monoisotopic (exact) mass is 410 g/mol. The van der Waals surface area contributed by atoms with Gasteiger partial charge in [0.25, 0.3) is 5.91 Å². The van der Waals surface area contributed by atoms with Gasteiger partial charge in [-0.2, -0.15) is 0 Å². The summed E-state index contributed by atoms with van der Waals surface area (Å²) in [6.45, 7) is 6.65. The van der Waals surface area contributed by atoms with Crippen molar-refractivity contribution in [2.24, 2.45) is 5.92 Å². The van der Waals surface area contributed by atoms with Crippen molar-refractivity contribution >= 4 is 11.8 Å². The summed E-state index contributed by atoms with van der Waals surface area (Å²) < 4.78 is 11.0. The second kappa shape index (κ2) is 9.20. The Hall–Kier alpha value is -3.02. The summed E-state index contributed by atoms with van der Waals surface area (Å²) >= 11 is 0. The highest BCUT2D eigenvalue weighted by Gasteiger charge is 2.42. The number of nitrogens with zero attached hydrogens (tertiary/aromatic N) is 1. The summed E-state index contributed by atoms with van der Waals surface area (Å²) in [4.78, 5) is 27.9. The maximum atomic E-state index is 13.1. The number of hydrogen-bond donors (Lipinski definition) is 1. The Labute approximate surface area is 178 Å². The number of aryl methyl sites for hydroxylation is 1. The number of benzene rings is 2. The van der Waals surface area contributed by atoms with Crippen molar-refractivity contribution in [2.75, 3.05) is 27.3 Å². The summed E-state index contributed by atoms with van der Waals surface area (Å²) in [6.07, 6.45) is 0. The summed E-state index contributed by atoms with van der Waals surface area (Å²) in [5.41, 5.74) is 2.60. The molecule has 2 aromatic carbocycles. The third-order valence-corrected chi connectivity index (χ3v) is 5.51. The zero-order valence-electron chi connectivity index (χ0n) is 18.3. The molecule has 0 bridgehead atoms. The van der Waals surface area contributed by atoms with E-state index in [0.29, 0.717) is 30.2 Å². The van der Waals surface area contributed by atoms with Crippen molar-refractivity contribution in [2.45, 2.75) is 32.7 Å². The number of hydrogen-bond acceptors (Lipinski definition) is 4. The van der Waals surface area contributed by atoms with Crippen LogP contribution in [0, 0.1) is 12.8 Å². The van der Waals surface area contributed by atoms with Gasteiger partial charge in [-0.15, -0.1) is 0 Å². The van der Waals surface area contributed by atoms with Crippen LogP contribution in [0.25, 0.3) is 0 Å². The van der Waals surface area contributed by atoms with Gasteiger partial charge in [-0.3, -0.25) is 9.59 Å². The second-order valence-corrected chi connectivity index (χ2v) is 8.06. The van der Waals surface area contributed by atoms with Crippen molar-refractivity contribution in [1.82, 2.24) is 10.2 Å². The minimum absolute atomic E-state index is 0.0206. The van der Waals surface area contributed by atoms with Gasteiger partial charge in [0.1, 0.15) is 11.5 Å². The zero-order valence-corrected chi connectivity index (χ0v) is 18.3. The third kappa shape index (κ3) is 4.58. The van der Waals surface area contributed by atoms with E-state index < -0.39 is 0 Å². The van der Waals surface area contributed by atoms with Crippen LogP contribution in [-0.4, -0.2) is 50.1 Å². The Morgan fingerprint density at radius 1 is 1.03 bits per heavy atom. The topological polar surface area (TPSA) is 67.9 Å². The predicted octanol–water partition coefficient (Wildman–Crippen LogP) is 3.39. The van der Waals surface area contributed by atoms with Crippen molar-refractivity contribution in [3.05, 3.63) is 59.2 Å². The van der Waals surface area contributed by atoms with E-state index in [4.69, 9.17) is 9.47 Å². The molecule has 0 radical (unpaired) electrons. The Morgan fingerprint density at radius 3 is 2.33 bits per heavy atom. The number of likely N-dealkylation sites (tertiary alicyclic amines) is 1. The molecule has 0 saturated carbocycles. The molecule has 0 aromatic heterocycles. The smallest absolute Gasteiger partial charge is 0.253 e. The first-order valence-corrected chi connectivity index (χ1v) is 10.2. The van der Waals surface area contributed by atoms with Crippen LogP contribution in [0.1, 0.15) is 41.3 Å². The Morgan fingerprint density at radius 2 is 1.73 bits per heavy atom. The molecule has 1 aliphatic heterocycles. The maximum Gasteiger partial charge on any atom is 0.253 e. The van der Waals surface area contributed by atoms with Gasteiger partial charge in [0.15, 0.2) is 0 Å². The van der Waals surface area contributed by atoms with Crippen LogP contribution in [0.3, 0.4) is 0 Å². The summed E-state index contributed by atoms with van der Waals surface area (Å²) in [5, 5.41) is 3.01. The fourth-order valence-electron chi connectivity index (χ4n) is 3.95. The molecule has 2 unspecified atom stereocenters. The van der Waals surface area contributed by atoms with Gasteiger partial charge < -0.3 is 19.7 Å². The van der Waals surface area contributed by atoms with Crippen LogP contribution in [0.5, 0.6) is 11.5 Å². The molecule has 1 aliphatic rings. The SMILES string of the molecule is COc1ccc(OC)c(C2CN(C(=O)c3ccc(C)cc3)CC2C(=O)NC(C)C)c1. The van der Waals surface area contributed by atoms with Gasteiger partial charge in [-0.25, -0.2) is 0 Å². The Bertz CT molecular complexity index is 908. The van der Waals surface area contributed by atoms with E-state index in [1.807, 2.05) is 63.2 Å². The molecular weight excluding hydrogens is 380 g/mol.